The van der Waals surface area contributed by atoms with Crippen LogP contribution < -0.4 is 5.32 Å². The molecule has 1 N–H and O–H groups in total. The Labute approximate surface area is 152 Å². The van der Waals surface area contributed by atoms with Gasteiger partial charge in [-0.25, -0.2) is 4.68 Å². The van der Waals surface area contributed by atoms with Gasteiger partial charge in [-0.15, -0.1) is 5.10 Å². The van der Waals surface area contributed by atoms with Crippen molar-refractivity contribution in [3.63, 3.8) is 0 Å². The van der Waals surface area contributed by atoms with E-state index >= 15 is 0 Å². The fourth-order valence-electron chi connectivity index (χ4n) is 3.14. The molecule has 1 aromatic carbocycles. The van der Waals surface area contributed by atoms with Crippen molar-refractivity contribution in [1.29, 1.82) is 0 Å². The number of aromatic nitrogens is 4. The second-order valence-corrected chi connectivity index (χ2v) is 6.57. The van der Waals surface area contributed by atoms with Gasteiger partial charge in [0, 0.05) is 19.6 Å². The molecule has 1 aliphatic rings. The van der Waals surface area contributed by atoms with Crippen LogP contribution in [0.4, 0.5) is 0 Å². The van der Waals surface area contributed by atoms with Crippen LogP contribution in [-0.2, 0) is 16.0 Å². The van der Waals surface area contributed by atoms with Crippen LogP contribution in [0.2, 0.25) is 0 Å². The average Bonchev–Trinajstić information content (AvgIpc) is 3.21. The second-order valence-electron chi connectivity index (χ2n) is 6.57. The van der Waals surface area contributed by atoms with Crippen LogP contribution >= 0.6 is 0 Å². The molecule has 2 aromatic rings. The Morgan fingerprint density at radius 1 is 1.27 bits per heavy atom. The lowest BCUT2D eigenvalue weighted by molar-refractivity contribution is -0.135. The fourth-order valence-corrected chi connectivity index (χ4v) is 3.14. The smallest absolute Gasteiger partial charge is 0.227 e. The van der Waals surface area contributed by atoms with E-state index in [4.69, 9.17) is 0 Å². The van der Waals surface area contributed by atoms with E-state index in [0.29, 0.717) is 19.5 Å². The minimum absolute atomic E-state index is 0.0631. The Balaban J connectivity index is 1.56. The molecule has 1 atom stereocenters. The van der Waals surface area contributed by atoms with Crippen molar-refractivity contribution in [3.05, 3.63) is 36.2 Å². The van der Waals surface area contributed by atoms with Gasteiger partial charge in [-0.3, -0.25) is 9.59 Å². The van der Waals surface area contributed by atoms with E-state index in [1.165, 1.54) is 6.33 Å². The summed E-state index contributed by atoms with van der Waals surface area (Å²) >= 11 is 0. The maximum Gasteiger partial charge on any atom is 0.227 e. The quantitative estimate of drug-likeness (QED) is 0.832. The number of amides is 2. The summed E-state index contributed by atoms with van der Waals surface area (Å²) in [6.45, 7) is 3.95. The van der Waals surface area contributed by atoms with E-state index in [1.807, 2.05) is 36.1 Å². The molecule has 0 bridgehead atoms. The summed E-state index contributed by atoms with van der Waals surface area (Å²) in [6, 6.07) is 7.58. The van der Waals surface area contributed by atoms with Crippen molar-refractivity contribution in [2.75, 3.05) is 19.6 Å². The van der Waals surface area contributed by atoms with Crippen molar-refractivity contribution >= 4 is 11.8 Å². The molecule has 0 saturated carbocycles. The zero-order chi connectivity index (χ0) is 18.4. The Kier molecular flexibility index (Phi) is 5.93. The third-order valence-electron chi connectivity index (χ3n) is 4.60. The van der Waals surface area contributed by atoms with E-state index in [2.05, 4.69) is 20.8 Å². The lowest BCUT2D eigenvalue weighted by Crippen LogP contribution is -2.46. The van der Waals surface area contributed by atoms with Crippen molar-refractivity contribution < 1.29 is 9.59 Å². The van der Waals surface area contributed by atoms with E-state index in [9.17, 15) is 9.59 Å². The number of benzene rings is 1. The first-order valence-corrected chi connectivity index (χ1v) is 9.05. The van der Waals surface area contributed by atoms with Crippen LogP contribution in [0.25, 0.3) is 5.69 Å². The van der Waals surface area contributed by atoms with Crippen molar-refractivity contribution in [2.24, 2.45) is 5.92 Å². The van der Waals surface area contributed by atoms with E-state index in [1.54, 1.807) is 4.68 Å². The Bertz CT molecular complexity index is 729. The molecule has 1 aliphatic heterocycles. The number of carbonyl (C=O) groups is 2. The van der Waals surface area contributed by atoms with Crippen LogP contribution in [0, 0.1) is 5.92 Å². The van der Waals surface area contributed by atoms with E-state index < -0.39 is 0 Å². The molecule has 1 unspecified atom stereocenters. The highest BCUT2D eigenvalue weighted by Gasteiger charge is 2.28. The van der Waals surface area contributed by atoms with Crippen LogP contribution in [0.15, 0.2) is 30.6 Å². The molecule has 1 saturated heterocycles. The first-order chi connectivity index (χ1) is 12.7. The highest BCUT2D eigenvalue weighted by molar-refractivity contribution is 5.82. The number of tetrazole rings is 1. The standard InChI is InChI=1S/C18H24N6O2/c1-2-9-19-18(26)15-4-3-10-23(12-15)17(25)11-14-5-7-16(8-6-14)24-13-20-21-22-24/h5-8,13,15H,2-4,9-12H2,1H3,(H,19,26). The summed E-state index contributed by atoms with van der Waals surface area (Å²) in [6.07, 6.45) is 4.49. The lowest BCUT2D eigenvalue weighted by Gasteiger charge is -2.32. The molecule has 8 heteroatoms. The maximum atomic E-state index is 12.6. The number of hydrogen-bond acceptors (Lipinski definition) is 5. The summed E-state index contributed by atoms with van der Waals surface area (Å²) in [5.41, 5.74) is 1.78. The predicted molar refractivity (Wildman–Crippen MR) is 95.5 cm³/mol. The van der Waals surface area contributed by atoms with Crippen molar-refractivity contribution in [1.82, 2.24) is 30.4 Å². The predicted octanol–water partition coefficient (Wildman–Crippen LogP) is 0.970. The molecule has 138 valence electrons. The number of nitrogens with zero attached hydrogens (tertiary/aromatic N) is 5. The van der Waals surface area contributed by atoms with Crippen LogP contribution in [0.3, 0.4) is 0 Å². The normalized spacial score (nSPS) is 17.1. The molecule has 0 spiro atoms. The number of nitrogens with one attached hydrogen (secondary N) is 1. The number of piperidine rings is 1. The Morgan fingerprint density at radius 2 is 2.08 bits per heavy atom. The van der Waals surface area contributed by atoms with Crippen LogP contribution in [0.1, 0.15) is 31.7 Å². The summed E-state index contributed by atoms with van der Waals surface area (Å²) in [5, 5.41) is 14.0. The number of carbonyl (C=O) groups excluding carboxylic acids is 2. The molecule has 2 amide bonds. The SMILES string of the molecule is CCCNC(=O)C1CCCN(C(=O)Cc2ccc(-n3cnnn3)cc2)C1. The molecular weight excluding hydrogens is 332 g/mol. The topological polar surface area (TPSA) is 93.0 Å². The molecule has 1 aromatic heterocycles. The fraction of sp³-hybridized carbons (Fsp3) is 0.500. The molecule has 2 heterocycles. The largest absolute Gasteiger partial charge is 0.356 e. The zero-order valence-corrected chi connectivity index (χ0v) is 15.0. The third-order valence-corrected chi connectivity index (χ3v) is 4.60. The summed E-state index contributed by atoms with van der Waals surface area (Å²) < 4.78 is 1.57. The van der Waals surface area contributed by atoms with Gasteiger partial charge in [0.15, 0.2) is 0 Å². The van der Waals surface area contributed by atoms with Crippen molar-refractivity contribution in [3.8, 4) is 5.69 Å². The number of likely N-dealkylation sites (tertiary alicyclic amines) is 1. The van der Waals surface area contributed by atoms with Gasteiger partial charge in [0.2, 0.25) is 11.8 Å². The van der Waals surface area contributed by atoms with E-state index in [0.717, 1.165) is 37.1 Å². The highest BCUT2D eigenvalue weighted by Crippen LogP contribution is 2.18. The highest BCUT2D eigenvalue weighted by atomic mass is 16.2. The van der Waals surface area contributed by atoms with Crippen molar-refractivity contribution in [2.45, 2.75) is 32.6 Å². The minimum atomic E-state index is -0.0959. The van der Waals surface area contributed by atoms with Gasteiger partial charge in [-0.2, -0.15) is 0 Å². The monoisotopic (exact) mass is 356 g/mol. The van der Waals surface area contributed by atoms with E-state index in [-0.39, 0.29) is 17.7 Å². The third kappa shape index (κ3) is 4.44. The molecule has 26 heavy (non-hydrogen) atoms. The maximum absolute atomic E-state index is 12.6. The Hall–Kier alpha value is -2.77. The minimum Gasteiger partial charge on any atom is -0.356 e. The first-order valence-electron chi connectivity index (χ1n) is 9.05. The average molecular weight is 356 g/mol. The van der Waals surface area contributed by atoms with Gasteiger partial charge in [0.05, 0.1) is 18.0 Å². The van der Waals surface area contributed by atoms with Crippen LogP contribution in [0.5, 0.6) is 0 Å². The van der Waals surface area contributed by atoms with Gasteiger partial charge in [-0.1, -0.05) is 19.1 Å². The zero-order valence-electron chi connectivity index (χ0n) is 15.0. The molecule has 0 aliphatic carbocycles. The van der Waals surface area contributed by atoms with Gasteiger partial charge in [-0.05, 0) is 47.4 Å². The summed E-state index contributed by atoms with van der Waals surface area (Å²) in [7, 11) is 0. The molecule has 1 fully saturated rings. The molecule has 3 rings (SSSR count). The van der Waals surface area contributed by atoms with Gasteiger partial charge < -0.3 is 10.2 Å². The molecule has 0 radical (unpaired) electrons. The van der Waals surface area contributed by atoms with Gasteiger partial charge >= 0.3 is 0 Å². The van der Waals surface area contributed by atoms with Crippen LogP contribution in [-0.4, -0.2) is 56.6 Å². The van der Waals surface area contributed by atoms with Gasteiger partial charge in [0.25, 0.3) is 0 Å². The molecular formula is C18H24N6O2. The number of hydrogen-bond donors (Lipinski definition) is 1. The summed E-state index contributed by atoms with van der Waals surface area (Å²) in [5.74, 6) is 0.0322. The second kappa shape index (κ2) is 8.55. The van der Waals surface area contributed by atoms with Gasteiger partial charge in [0.1, 0.15) is 6.33 Å². The Morgan fingerprint density at radius 3 is 2.77 bits per heavy atom. The summed E-state index contributed by atoms with van der Waals surface area (Å²) in [4.78, 5) is 26.6. The molecule has 8 nitrogen and oxygen atoms in total. The first kappa shape index (κ1) is 18.0. The lowest BCUT2D eigenvalue weighted by atomic mass is 9.96. The number of rotatable bonds is 6.